The van der Waals surface area contributed by atoms with E-state index in [1.807, 2.05) is 4.90 Å². The number of rotatable bonds is 3. The Hall–Kier alpha value is -2.06. The molecule has 1 aliphatic heterocycles. The second kappa shape index (κ2) is 6.83. The Kier molecular flexibility index (Phi) is 4.63. The minimum Gasteiger partial charge on any atom is -0.406 e. The van der Waals surface area contributed by atoms with E-state index in [4.69, 9.17) is 5.73 Å². The number of carbonyl (C=O) groups excluding carboxylic acids is 1. The van der Waals surface area contributed by atoms with Crippen molar-refractivity contribution in [2.45, 2.75) is 25.2 Å². The number of hydrogen-bond acceptors (Lipinski definition) is 4. The molecular weight excluding hydrogens is 377 g/mol. The number of alkyl halides is 3. The molecule has 2 aromatic rings. The molecule has 0 radical (unpaired) electrons. The van der Waals surface area contributed by atoms with Crippen LogP contribution in [0, 0.1) is 11.8 Å². The molecule has 1 saturated carbocycles. The van der Waals surface area contributed by atoms with Gasteiger partial charge < -0.3 is 15.4 Å². The minimum absolute atomic E-state index is 0.0319. The van der Waals surface area contributed by atoms with Crippen LogP contribution in [-0.2, 0) is 0 Å². The van der Waals surface area contributed by atoms with E-state index in [0.29, 0.717) is 28.8 Å². The van der Waals surface area contributed by atoms with Crippen LogP contribution in [0.4, 0.5) is 13.2 Å². The van der Waals surface area contributed by atoms with Crippen LogP contribution < -0.4 is 10.5 Å². The average molecular weight is 396 g/mol. The zero-order chi connectivity index (χ0) is 19.2. The van der Waals surface area contributed by atoms with Crippen molar-refractivity contribution in [3.8, 4) is 16.2 Å². The van der Waals surface area contributed by atoms with Crippen LogP contribution in [0.2, 0.25) is 0 Å². The summed E-state index contributed by atoms with van der Waals surface area (Å²) in [6.07, 6.45) is -2.64. The van der Waals surface area contributed by atoms with Gasteiger partial charge in [-0.25, -0.2) is 0 Å². The fourth-order valence-corrected chi connectivity index (χ4v) is 5.05. The topological polar surface area (TPSA) is 55.6 Å². The highest BCUT2D eigenvalue weighted by Crippen LogP contribution is 2.39. The van der Waals surface area contributed by atoms with Crippen LogP contribution in [0.3, 0.4) is 0 Å². The molecule has 2 heterocycles. The number of carbonyl (C=O) groups is 1. The highest BCUT2D eigenvalue weighted by molar-refractivity contribution is 7.17. The molecule has 2 aliphatic rings. The second-order valence-electron chi connectivity index (χ2n) is 7.11. The van der Waals surface area contributed by atoms with Crippen LogP contribution in [0.15, 0.2) is 36.4 Å². The number of likely N-dealkylation sites (tertiary alicyclic amines) is 1. The van der Waals surface area contributed by atoms with Gasteiger partial charge in [-0.2, -0.15) is 0 Å². The molecule has 2 N–H and O–H groups in total. The predicted octanol–water partition coefficient (Wildman–Crippen LogP) is 4.12. The summed E-state index contributed by atoms with van der Waals surface area (Å²) in [5.74, 6) is 0.558. The number of benzene rings is 1. The molecule has 1 aliphatic carbocycles. The second-order valence-corrected chi connectivity index (χ2v) is 8.20. The number of nitrogens with two attached hydrogens (primary N) is 1. The Bertz CT molecular complexity index is 851. The molecule has 3 atom stereocenters. The molecule has 4 rings (SSSR count). The smallest absolute Gasteiger partial charge is 0.406 e. The summed E-state index contributed by atoms with van der Waals surface area (Å²) in [7, 11) is 0. The van der Waals surface area contributed by atoms with Crippen molar-refractivity contribution < 1.29 is 22.7 Å². The van der Waals surface area contributed by atoms with Gasteiger partial charge in [0.1, 0.15) is 5.75 Å². The van der Waals surface area contributed by atoms with Gasteiger partial charge in [0.25, 0.3) is 5.91 Å². The maximum atomic E-state index is 12.8. The maximum absolute atomic E-state index is 12.8. The molecule has 1 aromatic heterocycles. The summed E-state index contributed by atoms with van der Waals surface area (Å²) in [5.41, 5.74) is 6.72. The highest BCUT2D eigenvalue weighted by atomic mass is 32.1. The lowest BCUT2D eigenvalue weighted by Crippen LogP contribution is -2.33. The Morgan fingerprint density at radius 1 is 1.19 bits per heavy atom. The minimum atomic E-state index is -4.73. The number of thiophene rings is 1. The van der Waals surface area contributed by atoms with Crippen molar-refractivity contribution in [3.63, 3.8) is 0 Å². The van der Waals surface area contributed by atoms with Gasteiger partial charge >= 0.3 is 6.36 Å². The van der Waals surface area contributed by atoms with E-state index in [1.165, 1.54) is 29.5 Å². The Morgan fingerprint density at radius 3 is 2.74 bits per heavy atom. The Labute approximate surface area is 158 Å². The molecule has 3 unspecified atom stereocenters. The predicted molar refractivity (Wildman–Crippen MR) is 96.5 cm³/mol. The molecule has 1 aromatic carbocycles. The van der Waals surface area contributed by atoms with Gasteiger partial charge in [0, 0.05) is 24.0 Å². The first-order chi connectivity index (χ1) is 12.8. The van der Waals surface area contributed by atoms with Crippen LogP contribution in [0.25, 0.3) is 10.4 Å². The summed E-state index contributed by atoms with van der Waals surface area (Å²) >= 11 is 1.28. The van der Waals surface area contributed by atoms with Crippen LogP contribution in [0.5, 0.6) is 5.75 Å². The van der Waals surface area contributed by atoms with E-state index in [9.17, 15) is 18.0 Å². The van der Waals surface area contributed by atoms with Crippen molar-refractivity contribution in [2.75, 3.05) is 13.1 Å². The zero-order valence-corrected chi connectivity index (χ0v) is 15.2. The largest absolute Gasteiger partial charge is 0.573 e. The van der Waals surface area contributed by atoms with Gasteiger partial charge in [0.15, 0.2) is 0 Å². The average Bonchev–Trinajstić information content (AvgIpc) is 3.31. The first kappa shape index (κ1) is 18.3. The van der Waals surface area contributed by atoms with Gasteiger partial charge in [-0.05, 0) is 54.5 Å². The molecule has 0 spiro atoms. The monoisotopic (exact) mass is 396 g/mol. The third-order valence-electron chi connectivity index (χ3n) is 5.37. The summed E-state index contributed by atoms with van der Waals surface area (Å²) in [6.45, 7) is 1.42. The van der Waals surface area contributed by atoms with Crippen molar-refractivity contribution in [1.29, 1.82) is 0 Å². The fraction of sp³-hybridized carbons (Fsp3) is 0.421. The van der Waals surface area contributed by atoms with E-state index >= 15 is 0 Å². The third kappa shape index (κ3) is 3.82. The molecular formula is C19H19F3N2O2S. The van der Waals surface area contributed by atoms with Crippen molar-refractivity contribution in [3.05, 3.63) is 41.3 Å². The molecule has 1 amide bonds. The summed E-state index contributed by atoms with van der Waals surface area (Å²) < 4.78 is 41.2. The lowest BCUT2D eigenvalue weighted by Gasteiger charge is -2.17. The highest BCUT2D eigenvalue weighted by Gasteiger charge is 2.42. The SMILES string of the molecule is NC1CCC2CN(C(=O)c3ccc(-c4cccc(OC(F)(F)F)c4)s3)CC12. The van der Waals surface area contributed by atoms with Gasteiger partial charge in [-0.3, -0.25) is 4.79 Å². The molecule has 27 heavy (non-hydrogen) atoms. The Balaban J connectivity index is 1.49. The molecule has 0 bridgehead atoms. The van der Waals surface area contributed by atoms with Crippen molar-refractivity contribution in [2.24, 2.45) is 17.6 Å². The molecule has 144 valence electrons. The van der Waals surface area contributed by atoms with Crippen molar-refractivity contribution in [1.82, 2.24) is 4.90 Å². The normalized spacial score (nSPS) is 24.9. The van der Waals surface area contributed by atoms with E-state index in [1.54, 1.807) is 18.2 Å². The third-order valence-corrected chi connectivity index (χ3v) is 6.49. The molecule has 4 nitrogen and oxygen atoms in total. The van der Waals surface area contributed by atoms with E-state index < -0.39 is 6.36 Å². The number of fused-ring (bicyclic) bond motifs is 1. The Morgan fingerprint density at radius 2 is 2.00 bits per heavy atom. The fourth-order valence-electron chi connectivity index (χ4n) is 4.08. The number of halogens is 3. The lowest BCUT2D eigenvalue weighted by molar-refractivity contribution is -0.274. The van der Waals surface area contributed by atoms with Crippen LogP contribution in [0.1, 0.15) is 22.5 Å². The first-order valence-electron chi connectivity index (χ1n) is 8.81. The number of nitrogens with zero attached hydrogens (tertiary/aromatic N) is 1. The molecule has 2 fully saturated rings. The van der Waals surface area contributed by atoms with Gasteiger partial charge in [0.2, 0.25) is 0 Å². The van der Waals surface area contributed by atoms with Crippen LogP contribution >= 0.6 is 11.3 Å². The summed E-state index contributed by atoms with van der Waals surface area (Å²) in [6, 6.07) is 9.43. The van der Waals surface area contributed by atoms with Gasteiger partial charge in [-0.15, -0.1) is 24.5 Å². The number of hydrogen-bond donors (Lipinski definition) is 1. The van der Waals surface area contributed by atoms with E-state index in [-0.39, 0.29) is 17.7 Å². The van der Waals surface area contributed by atoms with Crippen molar-refractivity contribution >= 4 is 17.2 Å². The lowest BCUT2D eigenvalue weighted by atomic mass is 9.98. The van der Waals surface area contributed by atoms with Gasteiger partial charge in [0.05, 0.1) is 4.88 Å². The first-order valence-corrected chi connectivity index (χ1v) is 9.63. The zero-order valence-electron chi connectivity index (χ0n) is 14.4. The summed E-state index contributed by atoms with van der Waals surface area (Å²) in [5, 5.41) is 0. The molecule has 1 saturated heterocycles. The van der Waals surface area contributed by atoms with Crippen LogP contribution in [-0.4, -0.2) is 36.3 Å². The van der Waals surface area contributed by atoms with Gasteiger partial charge in [-0.1, -0.05) is 12.1 Å². The summed E-state index contributed by atoms with van der Waals surface area (Å²) in [4.78, 5) is 16.0. The number of amides is 1. The van der Waals surface area contributed by atoms with E-state index in [2.05, 4.69) is 4.74 Å². The quantitative estimate of drug-likeness (QED) is 0.849. The standard InChI is InChI=1S/C19H19F3N2O2S/c20-19(21,22)26-13-3-1-2-11(8-13)16-6-7-17(27-16)18(25)24-9-12-4-5-15(23)14(12)10-24/h1-3,6-8,12,14-15H,4-5,9-10,23H2. The van der Waals surface area contributed by atoms with E-state index in [0.717, 1.165) is 24.3 Å². The maximum Gasteiger partial charge on any atom is 0.573 e. The number of ether oxygens (including phenoxy) is 1. The molecule has 8 heteroatoms.